The molecule has 0 fully saturated rings. The van der Waals surface area contributed by atoms with Gasteiger partial charge in [0.05, 0.1) is 0 Å². The van der Waals surface area contributed by atoms with Crippen molar-refractivity contribution in [2.75, 3.05) is 0 Å². The highest BCUT2D eigenvalue weighted by molar-refractivity contribution is 6.14. The van der Waals surface area contributed by atoms with Crippen LogP contribution in [0.25, 0.3) is 88.8 Å². The predicted octanol–water partition coefficient (Wildman–Crippen LogP) is 10.7. The van der Waals surface area contributed by atoms with Crippen LogP contribution in [-0.2, 0) is 0 Å². The molecule has 0 atom stereocenters. The zero-order valence-electron chi connectivity index (χ0n) is 24.2. The molecule has 0 unspecified atom stereocenters. The Bertz CT molecular complexity index is 2540. The van der Waals surface area contributed by atoms with Crippen LogP contribution in [0.5, 0.6) is 0 Å². The third-order valence-electron chi connectivity index (χ3n) is 8.51. The summed E-state index contributed by atoms with van der Waals surface area (Å²) in [7, 11) is 0. The minimum absolute atomic E-state index is 0.600. The van der Waals surface area contributed by atoms with Crippen LogP contribution in [0.2, 0.25) is 0 Å². The minimum atomic E-state index is 0.600. The van der Waals surface area contributed by atoms with E-state index in [0.717, 1.165) is 54.8 Å². The third-order valence-corrected chi connectivity index (χ3v) is 8.51. The molecule has 0 N–H and O–H groups in total. The van der Waals surface area contributed by atoms with Crippen molar-refractivity contribution in [1.29, 1.82) is 0 Å². The van der Waals surface area contributed by atoms with E-state index in [-0.39, 0.29) is 0 Å². The summed E-state index contributed by atoms with van der Waals surface area (Å²) in [4.78, 5) is 15.2. The Morgan fingerprint density at radius 3 is 1.71 bits per heavy atom. The Kier molecular flexibility index (Phi) is 5.78. The quantitative estimate of drug-likeness (QED) is 0.196. The van der Waals surface area contributed by atoms with Crippen LogP contribution in [0.15, 0.2) is 156 Å². The molecular formula is C41H25N3O. The zero-order chi connectivity index (χ0) is 29.7. The fraction of sp³-hybridized carbons (Fsp3) is 0. The van der Waals surface area contributed by atoms with E-state index in [0.29, 0.717) is 17.5 Å². The number of nitrogens with zero attached hydrogens (tertiary/aromatic N) is 3. The van der Waals surface area contributed by atoms with E-state index >= 15 is 0 Å². The highest BCUT2D eigenvalue weighted by Crippen LogP contribution is 2.37. The number of hydrogen-bond donors (Lipinski definition) is 0. The van der Waals surface area contributed by atoms with Gasteiger partial charge in [-0.3, -0.25) is 0 Å². The van der Waals surface area contributed by atoms with E-state index < -0.39 is 0 Å². The summed E-state index contributed by atoms with van der Waals surface area (Å²) in [5.41, 5.74) is 6.80. The summed E-state index contributed by atoms with van der Waals surface area (Å²) < 4.78 is 6.23. The van der Waals surface area contributed by atoms with Crippen molar-refractivity contribution in [1.82, 2.24) is 15.0 Å². The fourth-order valence-corrected chi connectivity index (χ4v) is 6.32. The van der Waals surface area contributed by atoms with Gasteiger partial charge in [0.25, 0.3) is 0 Å². The maximum Gasteiger partial charge on any atom is 0.164 e. The monoisotopic (exact) mass is 575 g/mol. The van der Waals surface area contributed by atoms with Crippen molar-refractivity contribution >= 4 is 43.5 Å². The second kappa shape index (κ2) is 10.2. The number of benzene rings is 7. The molecule has 210 valence electrons. The summed E-state index contributed by atoms with van der Waals surface area (Å²) >= 11 is 0. The second-order valence-corrected chi connectivity index (χ2v) is 11.3. The molecule has 9 aromatic rings. The fourth-order valence-electron chi connectivity index (χ4n) is 6.32. The Hall–Kier alpha value is -6.13. The van der Waals surface area contributed by atoms with E-state index in [1.807, 2.05) is 60.7 Å². The lowest BCUT2D eigenvalue weighted by Gasteiger charge is -2.13. The zero-order valence-corrected chi connectivity index (χ0v) is 24.2. The van der Waals surface area contributed by atoms with Crippen LogP contribution < -0.4 is 0 Å². The summed E-state index contributed by atoms with van der Waals surface area (Å²) in [6, 6.07) is 52.3. The highest BCUT2D eigenvalue weighted by Gasteiger charge is 2.17. The van der Waals surface area contributed by atoms with Crippen molar-refractivity contribution in [2.45, 2.75) is 0 Å². The van der Waals surface area contributed by atoms with Crippen molar-refractivity contribution in [3.8, 4) is 45.3 Å². The summed E-state index contributed by atoms with van der Waals surface area (Å²) in [5, 5.41) is 6.76. The van der Waals surface area contributed by atoms with Gasteiger partial charge >= 0.3 is 0 Å². The van der Waals surface area contributed by atoms with E-state index in [4.69, 9.17) is 19.4 Å². The molecule has 0 saturated carbocycles. The molecule has 0 amide bonds. The first-order valence-corrected chi connectivity index (χ1v) is 15.0. The molecule has 0 aliphatic carbocycles. The first kappa shape index (κ1) is 25.4. The van der Waals surface area contributed by atoms with Gasteiger partial charge in [-0.25, -0.2) is 15.0 Å². The Balaban J connectivity index is 1.29. The lowest BCUT2D eigenvalue weighted by atomic mass is 9.94. The average molecular weight is 576 g/mol. The van der Waals surface area contributed by atoms with Gasteiger partial charge in [-0.05, 0) is 63.0 Å². The first-order valence-electron chi connectivity index (χ1n) is 15.0. The molecule has 4 heteroatoms. The summed E-state index contributed by atoms with van der Waals surface area (Å²) in [5.74, 6) is 1.86. The normalized spacial score (nSPS) is 11.6. The van der Waals surface area contributed by atoms with Crippen molar-refractivity contribution in [2.24, 2.45) is 0 Å². The van der Waals surface area contributed by atoms with Gasteiger partial charge in [-0.1, -0.05) is 121 Å². The minimum Gasteiger partial charge on any atom is -0.456 e. The SMILES string of the molecule is c1ccc(-c2ccc3c(c2)cc(-c2nc(-c4ccccc4)nc(-c4ccc5c(c4)oc4ccccc45)n2)c2ccccc23)cc1. The van der Waals surface area contributed by atoms with Gasteiger partial charge < -0.3 is 4.42 Å². The molecule has 9 rings (SSSR count). The molecule has 2 aromatic heterocycles. The average Bonchev–Trinajstić information content (AvgIpc) is 3.49. The Labute approximate surface area is 259 Å². The molecular weight excluding hydrogens is 550 g/mol. The summed E-state index contributed by atoms with van der Waals surface area (Å²) in [6.45, 7) is 0. The predicted molar refractivity (Wildman–Crippen MR) is 184 cm³/mol. The van der Waals surface area contributed by atoms with E-state index in [1.54, 1.807) is 0 Å². The van der Waals surface area contributed by atoms with Crippen LogP contribution in [0.4, 0.5) is 0 Å². The molecule has 0 radical (unpaired) electrons. The number of fused-ring (bicyclic) bond motifs is 6. The van der Waals surface area contributed by atoms with E-state index in [9.17, 15) is 0 Å². The molecule has 7 aromatic carbocycles. The van der Waals surface area contributed by atoms with Crippen molar-refractivity contribution in [3.05, 3.63) is 152 Å². The van der Waals surface area contributed by atoms with Gasteiger partial charge in [0, 0.05) is 27.5 Å². The molecule has 2 heterocycles. The maximum atomic E-state index is 6.23. The van der Waals surface area contributed by atoms with Gasteiger partial charge in [0.1, 0.15) is 11.2 Å². The van der Waals surface area contributed by atoms with Gasteiger partial charge in [0.2, 0.25) is 0 Å². The first-order chi connectivity index (χ1) is 22.3. The number of aromatic nitrogens is 3. The van der Waals surface area contributed by atoms with Crippen molar-refractivity contribution in [3.63, 3.8) is 0 Å². The van der Waals surface area contributed by atoms with Crippen molar-refractivity contribution < 1.29 is 4.42 Å². The number of rotatable bonds is 4. The molecule has 0 spiro atoms. The second-order valence-electron chi connectivity index (χ2n) is 11.3. The Morgan fingerprint density at radius 2 is 0.911 bits per heavy atom. The number of para-hydroxylation sites is 1. The molecule has 4 nitrogen and oxygen atoms in total. The summed E-state index contributed by atoms with van der Waals surface area (Å²) in [6.07, 6.45) is 0. The highest BCUT2D eigenvalue weighted by atomic mass is 16.3. The van der Waals surface area contributed by atoms with Crippen LogP contribution >= 0.6 is 0 Å². The topological polar surface area (TPSA) is 51.8 Å². The molecule has 45 heavy (non-hydrogen) atoms. The standard InChI is InChI=1S/C41H25N3O/c1-3-11-26(12-4-1)28-19-21-31-30(23-28)24-36(33-16-8-7-15-32(31)33)41-43-39(27-13-5-2-6-14-27)42-40(44-41)29-20-22-35-34-17-9-10-18-37(34)45-38(35)25-29/h1-25H. The van der Waals surface area contributed by atoms with Crippen LogP contribution in [-0.4, -0.2) is 15.0 Å². The lowest BCUT2D eigenvalue weighted by molar-refractivity contribution is 0.669. The van der Waals surface area contributed by atoms with Gasteiger partial charge in [-0.2, -0.15) is 0 Å². The van der Waals surface area contributed by atoms with Gasteiger partial charge in [-0.15, -0.1) is 0 Å². The number of hydrogen-bond acceptors (Lipinski definition) is 4. The largest absolute Gasteiger partial charge is 0.456 e. The number of furan rings is 1. The van der Waals surface area contributed by atoms with Crippen LogP contribution in [0.1, 0.15) is 0 Å². The molecule has 0 bridgehead atoms. The van der Waals surface area contributed by atoms with Crippen LogP contribution in [0, 0.1) is 0 Å². The third kappa shape index (κ3) is 4.35. The molecule has 0 aliphatic heterocycles. The maximum absolute atomic E-state index is 6.23. The smallest absolute Gasteiger partial charge is 0.164 e. The Morgan fingerprint density at radius 1 is 0.333 bits per heavy atom. The van der Waals surface area contributed by atoms with Gasteiger partial charge in [0.15, 0.2) is 17.5 Å². The van der Waals surface area contributed by atoms with E-state index in [1.165, 1.54) is 16.5 Å². The molecule has 0 saturated heterocycles. The molecule has 0 aliphatic rings. The lowest BCUT2D eigenvalue weighted by Crippen LogP contribution is -2.00. The van der Waals surface area contributed by atoms with E-state index in [2.05, 4.69) is 91.0 Å². The van der Waals surface area contributed by atoms with Crippen LogP contribution in [0.3, 0.4) is 0 Å².